The van der Waals surface area contributed by atoms with Gasteiger partial charge in [0.1, 0.15) is 18.2 Å². The quantitative estimate of drug-likeness (QED) is 0.687. The van der Waals surface area contributed by atoms with Gasteiger partial charge in [-0.1, -0.05) is 30.3 Å². The minimum atomic E-state index is 0.347. The molecule has 2 N–H and O–H groups in total. The highest BCUT2D eigenvalue weighted by Gasteiger charge is 2.30. The van der Waals surface area contributed by atoms with Crippen molar-refractivity contribution in [1.29, 1.82) is 0 Å². The van der Waals surface area contributed by atoms with Gasteiger partial charge in [0.15, 0.2) is 0 Å². The van der Waals surface area contributed by atoms with Crippen LogP contribution in [0.4, 0.5) is 11.8 Å². The molecular weight excluding hydrogens is 386 g/mol. The Balaban J connectivity index is 1.42. The highest BCUT2D eigenvalue weighted by molar-refractivity contribution is 5.76. The van der Waals surface area contributed by atoms with Gasteiger partial charge in [0, 0.05) is 30.3 Å². The van der Waals surface area contributed by atoms with E-state index in [2.05, 4.69) is 58.1 Å². The molecule has 1 atom stereocenters. The second-order valence-electron chi connectivity index (χ2n) is 8.68. The number of ether oxygens (including phenoxy) is 1. The maximum Gasteiger partial charge on any atom is 0.222 e. The molecule has 5 rings (SSSR count). The first-order valence-electron chi connectivity index (χ1n) is 11.0. The van der Waals surface area contributed by atoms with Gasteiger partial charge in [-0.05, 0) is 62.7 Å². The Labute approximate surface area is 183 Å². The van der Waals surface area contributed by atoms with Gasteiger partial charge < -0.3 is 20.3 Å². The molecule has 160 valence electrons. The third-order valence-electron chi connectivity index (χ3n) is 6.42. The third-order valence-corrected chi connectivity index (χ3v) is 6.42. The summed E-state index contributed by atoms with van der Waals surface area (Å²) in [5.41, 5.74) is 11.9. The lowest BCUT2D eigenvalue weighted by atomic mass is 9.89. The van der Waals surface area contributed by atoms with Crippen molar-refractivity contribution in [3.05, 3.63) is 65.2 Å². The van der Waals surface area contributed by atoms with Crippen molar-refractivity contribution < 1.29 is 4.74 Å². The van der Waals surface area contributed by atoms with E-state index < -0.39 is 0 Å². The molecule has 2 aromatic carbocycles. The summed E-state index contributed by atoms with van der Waals surface area (Å²) in [5, 5.41) is 0. The normalized spacial score (nSPS) is 17.5. The molecule has 0 spiro atoms. The van der Waals surface area contributed by atoms with Crippen LogP contribution in [0, 0.1) is 0 Å². The summed E-state index contributed by atoms with van der Waals surface area (Å²) in [6, 6.07) is 17.1. The Kier molecular flexibility index (Phi) is 5.24. The SMILES string of the molecule is CN(C)[C@H]1CCN(c2nc(N)nc3c2CCc2cc(OCc4ccccc4)ccc2-3)C1. The van der Waals surface area contributed by atoms with Gasteiger partial charge in [0.05, 0.1) is 5.69 Å². The molecule has 6 nitrogen and oxygen atoms in total. The molecule has 1 saturated heterocycles. The minimum Gasteiger partial charge on any atom is -0.489 e. The van der Waals surface area contributed by atoms with Gasteiger partial charge in [-0.2, -0.15) is 4.98 Å². The Morgan fingerprint density at radius 3 is 2.71 bits per heavy atom. The highest BCUT2D eigenvalue weighted by atomic mass is 16.5. The van der Waals surface area contributed by atoms with Crippen molar-refractivity contribution >= 4 is 11.8 Å². The van der Waals surface area contributed by atoms with Crippen LogP contribution >= 0.6 is 0 Å². The molecule has 0 amide bonds. The molecule has 0 bridgehead atoms. The molecule has 1 aliphatic carbocycles. The molecule has 31 heavy (non-hydrogen) atoms. The summed E-state index contributed by atoms with van der Waals surface area (Å²) in [5.74, 6) is 2.25. The summed E-state index contributed by atoms with van der Waals surface area (Å²) < 4.78 is 6.04. The Morgan fingerprint density at radius 1 is 1.10 bits per heavy atom. The molecule has 0 unspecified atom stereocenters. The molecule has 2 aliphatic rings. The van der Waals surface area contributed by atoms with Crippen molar-refractivity contribution in [3.63, 3.8) is 0 Å². The lowest BCUT2D eigenvalue weighted by Gasteiger charge is -2.27. The predicted octanol–water partition coefficient (Wildman–Crippen LogP) is 3.54. The number of fused-ring (bicyclic) bond motifs is 3. The molecule has 3 aromatic rings. The molecule has 1 aliphatic heterocycles. The fourth-order valence-corrected chi connectivity index (χ4v) is 4.66. The van der Waals surface area contributed by atoms with E-state index >= 15 is 0 Å². The van der Waals surface area contributed by atoms with Crippen LogP contribution < -0.4 is 15.4 Å². The lowest BCUT2D eigenvalue weighted by Crippen LogP contribution is -2.32. The van der Waals surface area contributed by atoms with Crippen molar-refractivity contribution in [2.24, 2.45) is 0 Å². The molecule has 2 heterocycles. The summed E-state index contributed by atoms with van der Waals surface area (Å²) >= 11 is 0. The first kappa shape index (κ1) is 19.8. The summed E-state index contributed by atoms with van der Waals surface area (Å²) in [6.45, 7) is 2.55. The van der Waals surface area contributed by atoms with Gasteiger partial charge in [0.2, 0.25) is 5.95 Å². The van der Waals surface area contributed by atoms with E-state index in [1.54, 1.807) is 0 Å². The fraction of sp³-hybridized carbons (Fsp3) is 0.360. The monoisotopic (exact) mass is 415 g/mol. The number of likely N-dealkylation sites (N-methyl/N-ethyl adjacent to an activating group) is 1. The number of hydrogen-bond donors (Lipinski definition) is 1. The molecule has 1 aromatic heterocycles. The molecule has 6 heteroatoms. The number of nitrogens with zero attached hydrogens (tertiary/aromatic N) is 4. The zero-order chi connectivity index (χ0) is 21.4. The smallest absolute Gasteiger partial charge is 0.222 e. The van der Waals surface area contributed by atoms with Crippen LogP contribution in [0.5, 0.6) is 5.75 Å². The van der Waals surface area contributed by atoms with Crippen LogP contribution in [0.2, 0.25) is 0 Å². The van der Waals surface area contributed by atoms with Gasteiger partial charge in [0.25, 0.3) is 0 Å². The summed E-state index contributed by atoms with van der Waals surface area (Å²) in [7, 11) is 4.29. The molecular formula is C25H29N5O. The number of aryl methyl sites for hydroxylation is 1. The van der Waals surface area contributed by atoms with Crippen LogP contribution in [0.15, 0.2) is 48.5 Å². The van der Waals surface area contributed by atoms with Gasteiger partial charge in [-0.25, -0.2) is 4.98 Å². The van der Waals surface area contributed by atoms with Crippen molar-refractivity contribution in [2.45, 2.75) is 31.9 Å². The van der Waals surface area contributed by atoms with Crippen LogP contribution in [-0.2, 0) is 19.4 Å². The highest BCUT2D eigenvalue weighted by Crippen LogP contribution is 2.39. The van der Waals surface area contributed by atoms with Crippen LogP contribution in [0.1, 0.15) is 23.1 Å². The largest absolute Gasteiger partial charge is 0.489 e. The van der Waals surface area contributed by atoms with Gasteiger partial charge in [-0.15, -0.1) is 0 Å². The van der Waals surface area contributed by atoms with Crippen molar-refractivity contribution in [3.8, 4) is 17.0 Å². The van der Waals surface area contributed by atoms with Gasteiger partial charge in [-0.3, -0.25) is 0 Å². The topological polar surface area (TPSA) is 67.5 Å². The minimum absolute atomic E-state index is 0.347. The number of anilines is 2. The average Bonchev–Trinajstić information content (AvgIpc) is 3.28. The fourth-order valence-electron chi connectivity index (χ4n) is 4.66. The van der Waals surface area contributed by atoms with E-state index in [1.807, 2.05) is 24.3 Å². The standard InChI is InChI=1S/C25H29N5O/c1-29(2)19-12-13-30(15-19)24-22-10-8-18-14-20(31-16-17-6-4-3-5-7-17)9-11-21(18)23(22)27-25(26)28-24/h3-7,9,11,14,19H,8,10,12-13,15-16H2,1-2H3,(H2,26,27,28)/t19-/m0/s1. The van der Waals surface area contributed by atoms with Gasteiger partial charge >= 0.3 is 0 Å². The summed E-state index contributed by atoms with van der Waals surface area (Å²) in [4.78, 5) is 14.0. The first-order valence-corrected chi connectivity index (χ1v) is 11.0. The van der Waals surface area contributed by atoms with E-state index in [4.69, 9.17) is 10.5 Å². The van der Waals surface area contributed by atoms with E-state index in [9.17, 15) is 0 Å². The van der Waals surface area contributed by atoms with E-state index in [1.165, 1.54) is 11.1 Å². The van der Waals surface area contributed by atoms with E-state index in [0.29, 0.717) is 18.6 Å². The number of nitrogens with two attached hydrogens (primary N) is 1. The number of nitrogen functional groups attached to an aromatic ring is 1. The summed E-state index contributed by atoms with van der Waals surface area (Å²) in [6.07, 6.45) is 3.02. The van der Waals surface area contributed by atoms with Crippen molar-refractivity contribution in [2.75, 3.05) is 37.8 Å². The number of benzene rings is 2. The molecule has 1 fully saturated rings. The van der Waals surface area contributed by atoms with Crippen LogP contribution in [0.25, 0.3) is 11.3 Å². The Bertz CT molecular complexity index is 1080. The Morgan fingerprint density at radius 2 is 1.94 bits per heavy atom. The van der Waals surface area contributed by atoms with Crippen molar-refractivity contribution in [1.82, 2.24) is 14.9 Å². The number of aromatic nitrogens is 2. The van der Waals surface area contributed by atoms with Crippen LogP contribution in [0.3, 0.4) is 0 Å². The zero-order valence-corrected chi connectivity index (χ0v) is 18.2. The number of rotatable bonds is 5. The van der Waals surface area contributed by atoms with E-state index in [0.717, 1.165) is 60.7 Å². The lowest BCUT2D eigenvalue weighted by molar-refractivity contribution is 0.306. The average molecular weight is 416 g/mol. The number of hydrogen-bond acceptors (Lipinski definition) is 6. The predicted molar refractivity (Wildman–Crippen MR) is 124 cm³/mol. The Hall–Kier alpha value is -3.12. The maximum atomic E-state index is 6.16. The molecule has 0 radical (unpaired) electrons. The van der Waals surface area contributed by atoms with Crippen LogP contribution in [-0.4, -0.2) is 48.1 Å². The second-order valence-corrected chi connectivity index (χ2v) is 8.68. The zero-order valence-electron chi connectivity index (χ0n) is 18.2. The first-order chi connectivity index (χ1) is 15.1. The maximum absolute atomic E-state index is 6.16. The third kappa shape index (κ3) is 3.95. The second kappa shape index (κ2) is 8.19. The van der Waals surface area contributed by atoms with E-state index in [-0.39, 0.29) is 0 Å². The molecule has 0 saturated carbocycles.